The number of hydrogen-bond donors (Lipinski definition) is 2. The standard InChI is InChI=1S/C21H25N3O4S/c1-13(2)8-9-22-21-24-16(12-29-21)20(26)27-11-19(25)23-14(3)18-10-15-6-4-5-7-17(15)28-18/h4-7,10,12-14H,8-9,11H2,1-3H3,(H,22,24)(H,23,25)/t14-/m1/s1. The molecule has 2 heterocycles. The molecule has 0 fully saturated rings. The molecule has 1 atom stereocenters. The lowest BCUT2D eigenvalue weighted by molar-refractivity contribution is -0.125. The van der Waals surface area contributed by atoms with E-state index in [1.807, 2.05) is 37.3 Å². The van der Waals surface area contributed by atoms with Gasteiger partial charge in [-0.1, -0.05) is 32.0 Å². The van der Waals surface area contributed by atoms with E-state index in [0.29, 0.717) is 16.8 Å². The summed E-state index contributed by atoms with van der Waals surface area (Å²) in [5, 5.41) is 9.20. The van der Waals surface area contributed by atoms with Crippen molar-refractivity contribution in [3.63, 3.8) is 0 Å². The Balaban J connectivity index is 1.46. The fourth-order valence-electron chi connectivity index (χ4n) is 2.69. The molecule has 0 spiro atoms. The minimum Gasteiger partial charge on any atom is -0.459 e. The smallest absolute Gasteiger partial charge is 0.358 e. The lowest BCUT2D eigenvalue weighted by Crippen LogP contribution is -2.31. The van der Waals surface area contributed by atoms with Crippen LogP contribution < -0.4 is 10.6 Å². The average Bonchev–Trinajstić information content (AvgIpc) is 3.32. The number of fused-ring (bicyclic) bond motifs is 1. The van der Waals surface area contributed by atoms with Gasteiger partial charge in [-0.05, 0) is 31.4 Å². The fourth-order valence-corrected chi connectivity index (χ4v) is 3.40. The molecule has 2 N–H and O–H groups in total. The number of esters is 1. The predicted molar refractivity (Wildman–Crippen MR) is 113 cm³/mol. The number of anilines is 1. The van der Waals surface area contributed by atoms with Gasteiger partial charge in [-0.3, -0.25) is 4.79 Å². The molecule has 7 nitrogen and oxygen atoms in total. The summed E-state index contributed by atoms with van der Waals surface area (Å²) >= 11 is 1.34. The van der Waals surface area contributed by atoms with Crippen LogP contribution in [0, 0.1) is 5.92 Å². The first kappa shape index (κ1) is 20.9. The van der Waals surface area contributed by atoms with Gasteiger partial charge in [-0.15, -0.1) is 11.3 Å². The lowest BCUT2D eigenvalue weighted by Gasteiger charge is -2.11. The molecule has 0 aliphatic carbocycles. The van der Waals surface area contributed by atoms with Gasteiger partial charge in [0.25, 0.3) is 5.91 Å². The number of hydrogen-bond acceptors (Lipinski definition) is 7. The van der Waals surface area contributed by atoms with Crippen molar-refractivity contribution in [3.05, 3.63) is 47.2 Å². The zero-order chi connectivity index (χ0) is 20.8. The highest BCUT2D eigenvalue weighted by molar-refractivity contribution is 7.13. The van der Waals surface area contributed by atoms with Gasteiger partial charge in [0.2, 0.25) is 0 Å². The van der Waals surface area contributed by atoms with E-state index in [1.54, 1.807) is 5.38 Å². The third-order valence-electron chi connectivity index (χ3n) is 4.29. The van der Waals surface area contributed by atoms with Crippen molar-refractivity contribution in [2.45, 2.75) is 33.2 Å². The van der Waals surface area contributed by atoms with E-state index in [0.717, 1.165) is 23.9 Å². The number of aromatic nitrogens is 1. The quantitative estimate of drug-likeness (QED) is 0.504. The molecule has 8 heteroatoms. The van der Waals surface area contributed by atoms with Crippen LogP contribution in [0.15, 0.2) is 40.1 Å². The minimum absolute atomic E-state index is 0.195. The Morgan fingerprint density at radius 1 is 1.24 bits per heavy atom. The number of carbonyl (C=O) groups excluding carboxylic acids is 2. The Kier molecular flexibility index (Phi) is 6.87. The van der Waals surface area contributed by atoms with Gasteiger partial charge in [0.05, 0.1) is 6.04 Å². The van der Waals surface area contributed by atoms with Crippen LogP contribution in [0.2, 0.25) is 0 Å². The Morgan fingerprint density at radius 3 is 2.79 bits per heavy atom. The van der Waals surface area contributed by atoms with Crippen LogP contribution in [0.1, 0.15) is 49.5 Å². The highest BCUT2D eigenvalue weighted by atomic mass is 32.1. The normalized spacial score (nSPS) is 12.1. The highest BCUT2D eigenvalue weighted by Crippen LogP contribution is 2.23. The number of ether oxygens (including phenoxy) is 1. The molecule has 3 rings (SSSR count). The van der Waals surface area contributed by atoms with Crippen LogP contribution in [-0.2, 0) is 9.53 Å². The number of nitrogens with one attached hydrogen (secondary N) is 2. The largest absolute Gasteiger partial charge is 0.459 e. The van der Waals surface area contributed by atoms with Crippen LogP contribution in [-0.4, -0.2) is 30.0 Å². The Morgan fingerprint density at radius 2 is 2.03 bits per heavy atom. The number of furan rings is 1. The minimum atomic E-state index is -0.621. The van der Waals surface area contributed by atoms with Crippen LogP contribution in [0.25, 0.3) is 11.0 Å². The van der Waals surface area contributed by atoms with Crippen molar-refractivity contribution < 1.29 is 18.7 Å². The van der Waals surface area contributed by atoms with E-state index in [2.05, 4.69) is 29.5 Å². The number of benzene rings is 1. The van der Waals surface area contributed by atoms with Gasteiger partial charge in [0.15, 0.2) is 17.4 Å². The summed E-state index contributed by atoms with van der Waals surface area (Å²) in [6, 6.07) is 9.17. The van der Waals surface area contributed by atoms with E-state index in [1.165, 1.54) is 11.3 Å². The SMILES string of the molecule is CC(C)CCNc1nc(C(=O)OCC(=O)N[C@H](C)c2cc3ccccc3o2)cs1. The molecule has 2 aromatic heterocycles. The van der Waals surface area contributed by atoms with E-state index in [4.69, 9.17) is 9.15 Å². The second kappa shape index (κ2) is 9.56. The molecular weight excluding hydrogens is 390 g/mol. The molecule has 0 saturated carbocycles. The van der Waals surface area contributed by atoms with Crippen molar-refractivity contribution in [1.82, 2.24) is 10.3 Å². The second-order valence-electron chi connectivity index (χ2n) is 7.20. The molecule has 0 saturated heterocycles. The molecule has 1 amide bonds. The Bertz CT molecular complexity index is 946. The zero-order valence-electron chi connectivity index (χ0n) is 16.7. The van der Waals surface area contributed by atoms with Gasteiger partial charge in [0.1, 0.15) is 11.3 Å². The first-order valence-corrected chi connectivity index (χ1v) is 10.4. The maximum absolute atomic E-state index is 12.1. The summed E-state index contributed by atoms with van der Waals surface area (Å²) in [6.07, 6.45) is 1.02. The number of amides is 1. The van der Waals surface area contributed by atoms with Gasteiger partial charge < -0.3 is 19.8 Å². The molecule has 1 aromatic carbocycles. The maximum Gasteiger partial charge on any atom is 0.358 e. The predicted octanol–water partition coefficient (Wildman–Crippen LogP) is 4.38. The summed E-state index contributed by atoms with van der Waals surface area (Å²) < 4.78 is 10.8. The molecule has 0 unspecified atom stereocenters. The molecule has 154 valence electrons. The van der Waals surface area contributed by atoms with Crippen LogP contribution in [0.3, 0.4) is 0 Å². The molecule has 0 aliphatic rings. The Labute approximate surface area is 173 Å². The summed E-state index contributed by atoms with van der Waals surface area (Å²) in [5.41, 5.74) is 0.955. The molecule has 0 aliphatic heterocycles. The number of carbonyl (C=O) groups is 2. The highest BCUT2D eigenvalue weighted by Gasteiger charge is 2.17. The topological polar surface area (TPSA) is 93.5 Å². The second-order valence-corrected chi connectivity index (χ2v) is 8.06. The fraction of sp³-hybridized carbons (Fsp3) is 0.381. The first-order chi connectivity index (χ1) is 13.9. The maximum atomic E-state index is 12.1. The van der Waals surface area contributed by atoms with E-state index in [-0.39, 0.29) is 18.3 Å². The van der Waals surface area contributed by atoms with Crippen LogP contribution in [0.4, 0.5) is 5.13 Å². The van der Waals surface area contributed by atoms with Crippen LogP contribution >= 0.6 is 11.3 Å². The summed E-state index contributed by atoms with van der Waals surface area (Å²) in [4.78, 5) is 28.4. The molecule has 0 bridgehead atoms. The van der Waals surface area contributed by atoms with E-state index >= 15 is 0 Å². The molecule has 29 heavy (non-hydrogen) atoms. The number of rotatable bonds is 9. The van der Waals surface area contributed by atoms with Gasteiger partial charge in [-0.25, -0.2) is 9.78 Å². The van der Waals surface area contributed by atoms with Gasteiger partial charge in [-0.2, -0.15) is 0 Å². The average molecular weight is 416 g/mol. The van der Waals surface area contributed by atoms with E-state index < -0.39 is 11.9 Å². The zero-order valence-corrected chi connectivity index (χ0v) is 17.5. The Hall–Kier alpha value is -2.87. The van der Waals surface area contributed by atoms with Gasteiger partial charge >= 0.3 is 5.97 Å². The molecular formula is C21H25N3O4S. The first-order valence-electron chi connectivity index (χ1n) is 9.56. The van der Waals surface area contributed by atoms with E-state index in [9.17, 15) is 9.59 Å². The van der Waals surface area contributed by atoms with Gasteiger partial charge in [0, 0.05) is 17.3 Å². The third kappa shape index (κ3) is 5.80. The van der Waals surface area contributed by atoms with Crippen molar-refractivity contribution in [2.75, 3.05) is 18.5 Å². The monoisotopic (exact) mass is 415 g/mol. The number of nitrogens with zero attached hydrogens (tertiary/aromatic N) is 1. The lowest BCUT2D eigenvalue weighted by atomic mass is 10.1. The third-order valence-corrected chi connectivity index (χ3v) is 5.09. The summed E-state index contributed by atoms with van der Waals surface area (Å²) in [6.45, 7) is 6.52. The molecule has 3 aromatic rings. The summed E-state index contributed by atoms with van der Waals surface area (Å²) in [7, 11) is 0. The van der Waals surface area contributed by atoms with Crippen molar-refractivity contribution >= 4 is 39.3 Å². The summed E-state index contributed by atoms with van der Waals surface area (Å²) in [5.74, 6) is 0.205. The van der Waals surface area contributed by atoms with Crippen molar-refractivity contribution in [1.29, 1.82) is 0 Å². The van der Waals surface area contributed by atoms with Crippen molar-refractivity contribution in [2.24, 2.45) is 5.92 Å². The number of thiazole rings is 1. The molecule has 0 radical (unpaired) electrons. The van der Waals surface area contributed by atoms with Crippen LogP contribution in [0.5, 0.6) is 0 Å². The van der Waals surface area contributed by atoms with Crippen molar-refractivity contribution in [3.8, 4) is 0 Å². The number of para-hydroxylation sites is 1.